The van der Waals surface area contributed by atoms with Crippen molar-refractivity contribution in [1.82, 2.24) is 14.9 Å². The molecule has 0 bridgehead atoms. The number of aromatic nitrogens is 2. The summed E-state index contributed by atoms with van der Waals surface area (Å²) in [5.74, 6) is -0.749. The Bertz CT molecular complexity index is 973. The fourth-order valence-electron chi connectivity index (χ4n) is 2.59. The van der Waals surface area contributed by atoms with Gasteiger partial charge in [0.15, 0.2) is 5.16 Å². The zero-order valence-corrected chi connectivity index (χ0v) is 15.6. The summed E-state index contributed by atoms with van der Waals surface area (Å²) in [6.07, 6.45) is 0.549. The monoisotopic (exact) mass is 407 g/mol. The first-order valence-corrected chi connectivity index (χ1v) is 9.39. The minimum Gasteiger partial charge on any atom is -0.405 e. The number of carbonyl (C=O) groups is 1. The van der Waals surface area contributed by atoms with E-state index < -0.39 is 12.3 Å². The molecule has 0 aliphatic carbocycles. The van der Waals surface area contributed by atoms with Crippen LogP contribution >= 0.6 is 11.8 Å². The molecule has 28 heavy (non-hydrogen) atoms. The van der Waals surface area contributed by atoms with Crippen LogP contribution in [-0.4, -0.2) is 28.1 Å². The molecule has 0 aliphatic rings. The summed E-state index contributed by atoms with van der Waals surface area (Å²) in [5, 5.41) is 3.40. The van der Waals surface area contributed by atoms with Crippen LogP contribution in [0.1, 0.15) is 15.9 Å². The minimum atomic E-state index is -4.80. The summed E-state index contributed by atoms with van der Waals surface area (Å²) in [5.41, 5.74) is 1.37. The number of alkyl halides is 3. The molecule has 0 spiro atoms. The van der Waals surface area contributed by atoms with Gasteiger partial charge in [0.2, 0.25) is 0 Å². The lowest BCUT2D eigenvalue weighted by atomic mass is 10.1. The number of nitrogens with one attached hydrogen (secondary N) is 1. The molecular weight excluding hydrogens is 391 g/mol. The Labute approximate surface area is 163 Å². The summed E-state index contributed by atoms with van der Waals surface area (Å²) >= 11 is 1.47. The first kappa shape index (κ1) is 19.8. The Morgan fingerprint density at radius 1 is 1.21 bits per heavy atom. The van der Waals surface area contributed by atoms with Crippen LogP contribution in [0, 0.1) is 0 Å². The molecule has 0 unspecified atom stereocenters. The fraction of sp³-hybridized carbons (Fsp3) is 0.158. The summed E-state index contributed by atoms with van der Waals surface area (Å²) in [6, 6.07) is 12.6. The number of carbonyl (C=O) groups excluding carboxylic acids is 1. The van der Waals surface area contributed by atoms with Crippen molar-refractivity contribution in [2.24, 2.45) is 0 Å². The van der Waals surface area contributed by atoms with Gasteiger partial charge in [-0.25, -0.2) is 4.98 Å². The SMILES string of the molecule is CSc1nccn1-c1cccc(C(=O)NCc2ccccc2OC(F)(F)F)c1. The van der Waals surface area contributed by atoms with E-state index in [4.69, 9.17) is 0 Å². The van der Waals surface area contributed by atoms with Crippen molar-refractivity contribution in [3.05, 3.63) is 72.1 Å². The number of para-hydroxylation sites is 1. The van der Waals surface area contributed by atoms with Gasteiger partial charge >= 0.3 is 6.36 Å². The van der Waals surface area contributed by atoms with E-state index >= 15 is 0 Å². The van der Waals surface area contributed by atoms with Crippen LogP contribution in [0.4, 0.5) is 13.2 Å². The lowest BCUT2D eigenvalue weighted by molar-refractivity contribution is -0.274. The first-order valence-electron chi connectivity index (χ1n) is 8.17. The van der Waals surface area contributed by atoms with Crippen molar-refractivity contribution >= 4 is 17.7 Å². The van der Waals surface area contributed by atoms with Crippen LogP contribution in [0.3, 0.4) is 0 Å². The molecular formula is C19H16F3N3O2S. The number of halogens is 3. The molecule has 0 fully saturated rings. The lowest BCUT2D eigenvalue weighted by Gasteiger charge is -2.14. The summed E-state index contributed by atoms with van der Waals surface area (Å²) in [4.78, 5) is 16.7. The number of ether oxygens (including phenoxy) is 1. The molecule has 1 amide bonds. The molecule has 0 saturated carbocycles. The van der Waals surface area contributed by atoms with Crippen molar-refractivity contribution in [3.8, 4) is 11.4 Å². The van der Waals surface area contributed by atoms with Gasteiger partial charge in [-0.1, -0.05) is 36.0 Å². The number of imidazole rings is 1. The molecule has 1 N–H and O–H groups in total. The van der Waals surface area contributed by atoms with E-state index in [1.807, 2.05) is 16.9 Å². The van der Waals surface area contributed by atoms with E-state index in [-0.39, 0.29) is 17.9 Å². The van der Waals surface area contributed by atoms with Gasteiger partial charge in [-0.15, -0.1) is 13.2 Å². The number of hydrogen-bond acceptors (Lipinski definition) is 4. The number of hydrogen-bond donors (Lipinski definition) is 1. The maximum atomic E-state index is 12.5. The van der Waals surface area contributed by atoms with Gasteiger partial charge in [0, 0.05) is 35.8 Å². The Morgan fingerprint density at radius 2 is 2.00 bits per heavy atom. The molecule has 3 aromatic rings. The normalized spacial score (nSPS) is 11.3. The van der Waals surface area contributed by atoms with Crippen LogP contribution in [0.2, 0.25) is 0 Å². The smallest absolute Gasteiger partial charge is 0.405 e. The van der Waals surface area contributed by atoms with E-state index in [9.17, 15) is 18.0 Å². The summed E-state index contributed by atoms with van der Waals surface area (Å²) in [6.45, 7) is -0.101. The molecule has 0 aliphatic heterocycles. The highest BCUT2D eigenvalue weighted by atomic mass is 32.2. The molecule has 146 valence electrons. The average Bonchev–Trinajstić information content (AvgIpc) is 3.15. The van der Waals surface area contributed by atoms with Gasteiger partial charge in [-0.2, -0.15) is 0 Å². The van der Waals surface area contributed by atoms with Crippen LogP contribution in [-0.2, 0) is 6.54 Å². The van der Waals surface area contributed by atoms with Gasteiger partial charge in [0.05, 0.1) is 0 Å². The first-order chi connectivity index (χ1) is 13.4. The number of benzene rings is 2. The molecule has 0 radical (unpaired) electrons. The van der Waals surface area contributed by atoms with Crippen molar-refractivity contribution in [2.45, 2.75) is 18.1 Å². The predicted octanol–water partition coefficient (Wildman–Crippen LogP) is 4.42. The maximum absolute atomic E-state index is 12.5. The lowest BCUT2D eigenvalue weighted by Crippen LogP contribution is -2.24. The third kappa shape index (κ3) is 4.86. The molecule has 3 rings (SSSR count). The zero-order chi connectivity index (χ0) is 20.1. The molecule has 0 atom stereocenters. The number of thioether (sulfide) groups is 1. The maximum Gasteiger partial charge on any atom is 0.573 e. The van der Waals surface area contributed by atoms with E-state index in [1.165, 1.54) is 30.0 Å². The predicted molar refractivity (Wildman–Crippen MR) is 99.6 cm³/mol. The molecule has 0 saturated heterocycles. The molecule has 2 aromatic carbocycles. The zero-order valence-electron chi connectivity index (χ0n) is 14.7. The second-order valence-corrected chi connectivity index (χ2v) is 6.45. The van der Waals surface area contributed by atoms with Crippen LogP contribution in [0.15, 0.2) is 66.1 Å². The molecule has 9 heteroatoms. The highest BCUT2D eigenvalue weighted by Crippen LogP contribution is 2.26. The summed E-state index contributed by atoms with van der Waals surface area (Å²) in [7, 11) is 0. The second kappa shape index (κ2) is 8.39. The second-order valence-electron chi connectivity index (χ2n) is 5.67. The highest BCUT2D eigenvalue weighted by Gasteiger charge is 2.32. The number of rotatable bonds is 6. The van der Waals surface area contributed by atoms with Gasteiger partial charge in [-0.05, 0) is 30.5 Å². The molecule has 5 nitrogen and oxygen atoms in total. The molecule has 1 heterocycles. The largest absolute Gasteiger partial charge is 0.573 e. The van der Waals surface area contributed by atoms with Gasteiger partial charge in [0.1, 0.15) is 5.75 Å². The van der Waals surface area contributed by atoms with Gasteiger partial charge < -0.3 is 10.1 Å². The Hall–Kier alpha value is -2.94. The number of nitrogens with zero attached hydrogens (tertiary/aromatic N) is 2. The fourth-order valence-corrected chi connectivity index (χ4v) is 3.12. The third-order valence-corrected chi connectivity index (χ3v) is 4.48. The van der Waals surface area contributed by atoms with Crippen molar-refractivity contribution in [3.63, 3.8) is 0 Å². The topological polar surface area (TPSA) is 56.2 Å². The van der Waals surface area contributed by atoms with Crippen LogP contribution in [0.5, 0.6) is 5.75 Å². The van der Waals surface area contributed by atoms with Crippen LogP contribution < -0.4 is 10.1 Å². The van der Waals surface area contributed by atoms with Crippen molar-refractivity contribution in [2.75, 3.05) is 6.26 Å². The van der Waals surface area contributed by atoms with Crippen LogP contribution in [0.25, 0.3) is 5.69 Å². The standard InChI is InChI=1S/C19H16F3N3O2S/c1-28-18-23-9-10-25(18)15-7-4-6-13(11-15)17(26)24-12-14-5-2-3-8-16(14)27-19(20,21)22/h2-11H,12H2,1H3,(H,24,26). The highest BCUT2D eigenvalue weighted by molar-refractivity contribution is 7.98. The van der Waals surface area contributed by atoms with E-state index in [1.54, 1.807) is 36.7 Å². The number of amides is 1. The Balaban J connectivity index is 1.74. The third-order valence-electron chi connectivity index (χ3n) is 3.81. The van der Waals surface area contributed by atoms with E-state index in [0.29, 0.717) is 5.56 Å². The quantitative estimate of drug-likeness (QED) is 0.615. The average molecular weight is 407 g/mol. The Kier molecular flexibility index (Phi) is 5.93. The van der Waals surface area contributed by atoms with Gasteiger partial charge in [-0.3, -0.25) is 9.36 Å². The minimum absolute atomic E-state index is 0.101. The molecule has 1 aromatic heterocycles. The van der Waals surface area contributed by atoms with Gasteiger partial charge in [0.25, 0.3) is 5.91 Å². The van der Waals surface area contributed by atoms with E-state index in [0.717, 1.165) is 10.8 Å². The summed E-state index contributed by atoms with van der Waals surface area (Å²) < 4.78 is 43.4. The van der Waals surface area contributed by atoms with E-state index in [2.05, 4.69) is 15.0 Å². The Morgan fingerprint density at radius 3 is 2.75 bits per heavy atom. The van der Waals surface area contributed by atoms with Crippen molar-refractivity contribution in [1.29, 1.82) is 0 Å². The van der Waals surface area contributed by atoms with Crippen molar-refractivity contribution < 1.29 is 22.7 Å².